The average Bonchev–Trinajstić information content (AvgIpc) is 2.94. The summed E-state index contributed by atoms with van der Waals surface area (Å²) >= 11 is 0. The Morgan fingerprint density at radius 3 is 2.71 bits per heavy atom. The van der Waals surface area contributed by atoms with Gasteiger partial charge in [0.1, 0.15) is 11.1 Å². The molecule has 2 aromatic carbocycles. The number of aryl methyl sites for hydroxylation is 1. The molecule has 120 valence electrons. The highest BCUT2D eigenvalue weighted by Crippen LogP contribution is 2.34. The maximum absolute atomic E-state index is 12.2. The molecule has 0 saturated heterocycles. The predicted octanol–water partition coefficient (Wildman–Crippen LogP) is 3.71. The van der Waals surface area contributed by atoms with E-state index in [1.165, 1.54) is 13.2 Å². The Kier molecular flexibility index (Phi) is 3.16. The molecule has 0 N–H and O–H groups in total. The molecule has 4 rings (SSSR count). The van der Waals surface area contributed by atoms with E-state index in [4.69, 9.17) is 4.42 Å². The lowest BCUT2D eigenvalue weighted by molar-refractivity contribution is 0.0596. The Morgan fingerprint density at radius 2 is 1.96 bits per heavy atom. The lowest BCUT2D eigenvalue weighted by Crippen LogP contribution is -2.14. The lowest BCUT2D eigenvalue weighted by Gasteiger charge is -2.04. The van der Waals surface area contributed by atoms with Crippen LogP contribution in [-0.4, -0.2) is 17.6 Å². The van der Waals surface area contributed by atoms with E-state index in [1.807, 2.05) is 36.4 Å². The van der Waals surface area contributed by atoms with Crippen LogP contribution in [0.2, 0.25) is 0 Å². The van der Waals surface area contributed by atoms with Crippen LogP contribution in [0.15, 0.2) is 51.7 Å². The summed E-state index contributed by atoms with van der Waals surface area (Å²) < 4.78 is 12.3. The van der Waals surface area contributed by atoms with Crippen molar-refractivity contribution < 1.29 is 13.9 Å². The monoisotopic (exact) mass is 321 g/mol. The zero-order valence-electron chi connectivity index (χ0n) is 13.3. The molecular formula is C19H15NO4. The number of fused-ring (bicyclic) bond motifs is 5. The first-order valence-electron chi connectivity index (χ1n) is 7.71. The fourth-order valence-corrected chi connectivity index (χ4v) is 3.30. The molecule has 0 unspecified atom stereocenters. The highest BCUT2D eigenvalue weighted by atomic mass is 16.5. The molecule has 5 nitrogen and oxygen atoms in total. The molecule has 0 amide bonds. The Hall–Kier alpha value is -3.08. The van der Waals surface area contributed by atoms with E-state index in [0.29, 0.717) is 11.0 Å². The zero-order valence-corrected chi connectivity index (χ0v) is 13.3. The third kappa shape index (κ3) is 1.88. The second-order valence-corrected chi connectivity index (χ2v) is 5.58. The molecule has 2 aromatic heterocycles. The van der Waals surface area contributed by atoms with Gasteiger partial charge in [-0.1, -0.05) is 18.2 Å². The average molecular weight is 321 g/mol. The van der Waals surface area contributed by atoms with Crippen molar-refractivity contribution in [3.63, 3.8) is 0 Å². The first-order valence-corrected chi connectivity index (χ1v) is 7.71. The van der Waals surface area contributed by atoms with Crippen LogP contribution in [0.1, 0.15) is 17.3 Å². The molecule has 0 bridgehead atoms. The highest BCUT2D eigenvalue weighted by molar-refractivity contribution is 6.19. The minimum absolute atomic E-state index is 0.0939. The van der Waals surface area contributed by atoms with Crippen molar-refractivity contribution in [2.75, 3.05) is 7.11 Å². The number of rotatable bonds is 2. The van der Waals surface area contributed by atoms with Crippen LogP contribution >= 0.6 is 0 Å². The molecule has 0 radical (unpaired) electrons. The molecule has 4 aromatic rings. The van der Waals surface area contributed by atoms with E-state index in [1.54, 1.807) is 0 Å². The standard InChI is InChI=1S/C19H15NO4/c1-3-20-14-7-5-4-6-12(14)16-15(20)9-8-11-10-13(18(21)23-2)19(22)24-17(11)16/h4-10H,3H2,1-2H3. The minimum atomic E-state index is -0.693. The number of carbonyl (C=O) groups excluding carboxylic acids is 1. The quantitative estimate of drug-likeness (QED) is 0.417. The van der Waals surface area contributed by atoms with Gasteiger partial charge in [-0.2, -0.15) is 0 Å². The van der Waals surface area contributed by atoms with Gasteiger partial charge >= 0.3 is 11.6 Å². The summed E-state index contributed by atoms with van der Waals surface area (Å²) in [5.41, 5.74) is 1.80. The first kappa shape index (κ1) is 14.5. The molecule has 0 aliphatic heterocycles. The summed E-state index contributed by atoms with van der Waals surface area (Å²) in [5.74, 6) is -0.693. The van der Waals surface area contributed by atoms with Gasteiger partial charge in [-0.3, -0.25) is 0 Å². The van der Waals surface area contributed by atoms with Gasteiger partial charge in [0.05, 0.1) is 18.0 Å². The topological polar surface area (TPSA) is 61.4 Å². The van der Waals surface area contributed by atoms with Gasteiger partial charge in [0.15, 0.2) is 0 Å². The molecule has 0 aliphatic carbocycles. The summed E-state index contributed by atoms with van der Waals surface area (Å²) in [7, 11) is 1.24. The molecule has 24 heavy (non-hydrogen) atoms. The van der Waals surface area contributed by atoms with E-state index in [2.05, 4.69) is 16.2 Å². The molecule has 2 heterocycles. The number of aromatic nitrogens is 1. The summed E-state index contributed by atoms with van der Waals surface area (Å²) in [4.78, 5) is 23.9. The smallest absolute Gasteiger partial charge is 0.351 e. The molecule has 0 aliphatic rings. The first-order chi connectivity index (χ1) is 11.7. The van der Waals surface area contributed by atoms with E-state index in [-0.39, 0.29) is 5.56 Å². The number of para-hydroxylation sites is 1. The summed E-state index contributed by atoms with van der Waals surface area (Å²) in [6.07, 6.45) is 0. The Balaban J connectivity index is 2.21. The SMILES string of the molecule is CCn1c2ccccc2c2c3oc(=O)c(C(=O)OC)cc3ccc21. The van der Waals surface area contributed by atoms with Crippen LogP contribution < -0.4 is 5.63 Å². The van der Waals surface area contributed by atoms with Crippen LogP contribution in [0.5, 0.6) is 0 Å². The van der Waals surface area contributed by atoms with Gasteiger partial charge in [0.2, 0.25) is 0 Å². The third-order valence-electron chi connectivity index (χ3n) is 4.36. The van der Waals surface area contributed by atoms with Gasteiger partial charge in [0, 0.05) is 22.8 Å². The highest BCUT2D eigenvalue weighted by Gasteiger charge is 2.18. The normalized spacial score (nSPS) is 11.4. The number of methoxy groups -OCH3 is 1. The second-order valence-electron chi connectivity index (χ2n) is 5.58. The number of esters is 1. The van der Waals surface area contributed by atoms with E-state index in [0.717, 1.165) is 28.4 Å². The van der Waals surface area contributed by atoms with Crippen molar-refractivity contribution in [1.82, 2.24) is 4.57 Å². The van der Waals surface area contributed by atoms with Crippen molar-refractivity contribution in [3.05, 3.63) is 58.4 Å². The van der Waals surface area contributed by atoms with Gasteiger partial charge in [-0.25, -0.2) is 9.59 Å². The Labute approximate surface area is 137 Å². The van der Waals surface area contributed by atoms with Gasteiger partial charge in [-0.05, 0) is 31.2 Å². The fraction of sp³-hybridized carbons (Fsp3) is 0.158. The second kappa shape index (κ2) is 5.23. The number of nitrogens with zero attached hydrogens (tertiary/aromatic N) is 1. The van der Waals surface area contributed by atoms with Crippen LogP contribution in [-0.2, 0) is 11.3 Å². The van der Waals surface area contributed by atoms with E-state index < -0.39 is 11.6 Å². The Morgan fingerprint density at radius 1 is 1.17 bits per heavy atom. The van der Waals surface area contributed by atoms with Gasteiger partial charge in [0.25, 0.3) is 0 Å². The van der Waals surface area contributed by atoms with Crippen molar-refractivity contribution in [2.45, 2.75) is 13.5 Å². The fourth-order valence-electron chi connectivity index (χ4n) is 3.30. The van der Waals surface area contributed by atoms with Crippen LogP contribution in [0.3, 0.4) is 0 Å². The number of carbonyl (C=O) groups is 1. The predicted molar refractivity (Wildman–Crippen MR) is 92.5 cm³/mol. The maximum Gasteiger partial charge on any atom is 0.351 e. The molecule has 5 heteroatoms. The number of ether oxygens (including phenoxy) is 1. The third-order valence-corrected chi connectivity index (χ3v) is 4.36. The van der Waals surface area contributed by atoms with Crippen molar-refractivity contribution in [2.24, 2.45) is 0 Å². The van der Waals surface area contributed by atoms with E-state index >= 15 is 0 Å². The summed E-state index contributed by atoms with van der Waals surface area (Å²) in [6.45, 7) is 2.88. The molecule has 0 fully saturated rings. The molecule has 0 saturated carbocycles. The number of benzene rings is 2. The largest absolute Gasteiger partial charge is 0.465 e. The van der Waals surface area contributed by atoms with Crippen molar-refractivity contribution in [3.8, 4) is 0 Å². The number of hydrogen-bond acceptors (Lipinski definition) is 4. The molecule has 0 atom stereocenters. The van der Waals surface area contributed by atoms with E-state index in [9.17, 15) is 9.59 Å². The van der Waals surface area contributed by atoms with Crippen LogP contribution in [0.4, 0.5) is 0 Å². The van der Waals surface area contributed by atoms with Crippen molar-refractivity contribution in [1.29, 1.82) is 0 Å². The maximum atomic E-state index is 12.2. The summed E-state index contributed by atoms with van der Waals surface area (Å²) in [5, 5.41) is 2.61. The van der Waals surface area contributed by atoms with Crippen molar-refractivity contribution >= 4 is 38.7 Å². The van der Waals surface area contributed by atoms with Gasteiger partial charge in [-0.15, -0.1) is 0 Å². The van der Waals surface area contributed by atoms with Gasteiger partial charge < -0.3 is 13.7 Å². The molecular weight excluding hydrogens is 306 g/mol. The number of hydrogen-bond donors (Lipinski definition) is 0. The Bertz CT molecular complexity index is 1170. The minimum Gasteiger partial charge on any atom is -0.465 e. The lowest BCUT2D eigenvalue weighted by atomic mass is 10.1. The molecule has 0 spiro atoms. The summed E-state index contributed by atoms with van der Waals surface area (Å²) in [6, 6.07) is 13.4. The van der Waals surface area contributed by atoms with Crippen LogP contribution in [0.25, 0.3) is 32.8 Å². The zero-order chi connectivity index (χ0) is 16.8. The van der Waals surface area contributed by atoms with Crippen LogP contribution in [0, 0.1) is 0 Å².